The Kier molecular flexibility index (Phi) is 5.27. The van der Waals surface area contributed by atoms with Crippen molar-refractivity contribution in [2.24, 2.45) is 0 Å². The Morgan fingerprint density at radius 3 is 2.70 bits per heavy atom. The number of carbonyl (C=O) groups excluding carboxylic acids is 2. The molecule has 2 aromatic rings. The van der Waals surface area contributed by atoms with Gasteiger partial charge in [0.1, 0.15) is 11.9 Å². The van der Waals surface area contributed by atoms with Crippen molar-refractivity contribution >= 4 is 27.9 Å². The minimum Gasteiger partial charge on any atom is -0.444 e. The molecular formula is C17H22BrN5O4. The molecule has 0 radical (unpaired) electrons. The van der Waals surface area contributed by atoms with E-state index in [1.165, 1.54) is 6.26 Å². The van der Waals surface area contributed by atoms with Gasteiger partial charge in [0.15, 0.2) is 11.4 Å². The molecule has 0 saturated carbocycles. The van der Waals surface area contributed by atoms with E-state index in [0.717, 1.165) is 0 Å². The van der Waals surface area contributed by atoms with Gasteiger partial charge in [0.05, 0.1) is 4.47 Å². The van der Waals surface area contributed by atoms with Gasteiger partial charge in [-0.25, -0.2) is 9.78 Å². The first kappa shape index (κ1) is 19.4. The van der Waals surface area contributed by atoms with E-state index in [1.54, 1.807) is 16.0 Å². The van der Waals surface area contributed by atoms with Gasteiger partial charge in [0.25, 0.3) is 5.91 Å². The van der Waals surface area contributed by atoms with Crippen LogP contribution in [0.15, 0.2) is 21.3 Å². The summed E-state index contributed by atoms with van der Waals surface area (Å²) < 4.78 is 11.5. The zero-order valence-electron chi connectivity index (χ0n) is 15.7. The lowest BCUT2D eigenvalue weighted by Gasteiger charge is -2.39. The van der Waals surface area contributed by atoms with E-state index in [9.17, 15) is 9.59 Å². The minimum atomic E-state index is -0.554. The number of rotatable bonds is 2. The fraction of sp³-hybridized carbons (Fsp3) is 0.529. The van der Waals surface area contributed by atoms with Crippen molar-refractivity contribution in [3.63, 3.8) is 0 Å². The summed E-state index contributed by atoms with van der Waals surface area (Å²) in [5.41, 5.74) is 0.150. The number of hydrogen-bond acceptors (Lipinski definition) is 6. The predicted molar refractivity (Wildman–Crippen MR) is 100 cm³/mol. The molecular weight excluding hydrogens is 418 g/mol. The second-order valence-corrected chi connectivity index (χ2v) is 8.25. The molecule has 0 unspecified atom stereocenters. The topological polar surface area (TPSA) is 105 Å². The molecule has 0 bridgehead atoms. The first-order chi connectivity index (χ1) is 12.7. The minimum absolute atomic E-state index is 0.163. The molecule has 1 N–H and O–H groups in total. The number of nitrogens with zero attached hydrogens (tertiary/aromatic N) is 4. The maximum Gasteiger partial charge on any atom is 0.410 e. The van der Waals surface area contributed by atoms with Gasteiger partial charge in [-0.1, -0.05) is 0 Å². The predicted octanol–water partition coefficient (Wildman–Crippen LogP) is 2.91. The lowest BCUT2D eigenvalue weighted by atomic mass is 10.2. The zero-order chi connectivity index (χ0) is 19.8. The number of hydrogen-bond donors (Lipinski definition) is 1. The highest BCUT2D eigenvalue weighted by molar-refractivity contribution is 9.10. The Hall–Kier alpha value is -2.36. The van der Waals surface area contributed by atoms with Crippen molar-refractivity contribution in [1.29, 1.82) is 0 Å². The van der Waals surface area contributed by atoms with Crippen LogP contribution in [0.25, 0.3) is 11.6 Å². The van der Waals surface area contributed by atoms with Crippen LogP contribution in [0, 0.1) is 0 Å². The SMILES string of the molecule is C[C@H]1CN(C(=O)c2coc(-c3n[nH]cc3Br)n2)CCN1C(=O)OC(C)(C)C. The number of amides is 2. The van der Waals surface area contributed by atoms with Gasteiger partial charge >= 0.3 is 6.09 Å². The smallest absolute Gasteiger partial charge is 0.410 e. The second-order valence-electron chi connectivity index (χ2n) is 7.39. The van der Waals surface area contributed by atoms with Crippen LogP contribution < -0.4 is 0 Å². The lowest BCUT2D eigenvalue weighted by Crippen LogP contribution is -2.56. The summed E-state index contributed by atoms with van der Waals surface area (Å²) in [6, 6.07) is -0.163. The molecule has 3 rings (SSSR count). The van der Waals surface area contributed by atoms with E-state index in [-0.39, 0.29) is 29.6 Å². The summed E-state index contributed by atoms with van der Waals surface area (Å²) in [5, 5.41) is 6.72. The average Bonchev–Trinajstić information content (AvgIpc) is 3.20. The van der Waals surface area contributed by atoms with Crippen LogP contribution in [0.1, 0.15) is 38.2 Å². The number of halogens is 1. The van der Waals surface area contributed by atoms with Gasteiger partial charge in [-0.2, -0.15) is 5.10 Å². The number of ether oxygens (including phenoxy) is 1. The molecule has 146 valence electrons. The highest BCUT2D eigenvalue weighted by Crippen LogP contribution is 2.25. The van der Waals surface area contributed by atoms with E-state index in [4.69, 9.17) is 9.15 Å². The molecule has 2 aromatic heterocycles. The highest BCUT2D eigenvalue weighted by Gasteiger charge is 2.33. The summed E-state index contributed by atoms with van der Waals surface area (Å²) in [7, 11) is 0. The van der Waals surface area contributed by atoms with Gasteiger partial charge in [-0.3, -0.25) is 9.89 Å². The van der Waals surface area contributed by atoms with E-state index in [0.29, 0.717) is 29.8 Å². The molecule has 0 aliphatic carbocycles. The molecule has 2 amide bonds. The number of oxazole rings is 1. The van der Waals surface area contributed by atoms with E-state index in [2.05, 4.69) is 31.1 Å². The third kappa shape index (κ3) is 4.32. The molecule has 1 aliphatic rings. The first-order valence-corrected chi connectivity index (χ1v) is 9.39. The van der Waals surface area contributed by atoms with Crippen LogP contribution >= 0.6 is 15.9 Å². The van der Waals surface area contributed by atoms with Gasteiger partial charge in [-0.05, 0) is 43.6 Å². The van der Waals surface area contributed by atoms with Crippen LogP contribution in [-0.2, 0) is 4.74 Å². The highest BCUT2D eigenvalue weighted by atomic mass is 79.9. The maximum absolute atomic E-state index is 12.7. The average molecular weight is 440 g/mol. The van der Waals surface area contributed by atoms with Crippen molar-refractivity contribution < 1.29 is 18.7 Å². The number of aromatic amines is 1. The Morgan fingerprint density at radius 1 is 1.37 bits per heavy atom. The van der Waals surface area contributed by atoms with Crippen LogP contribution in [0.2, 0.25) is 0 Å². The van der Waals surface area contributed by atoms with Gasteiger partial charge in [-0.15, -0.1) is 0 Å². The fourth-order valence-electron chi connectivity index (χ4n) is 2.80. The summed E-state index contributed by atoms with van der Waals surface area (Å²) in [6.07, 6.45) is 2.61. The van der Waals surface area contributed by atoms with Gasteiger partial charge in [0, 0.05) is 31.9 Å². The molecule has 1 fully saturated rings. The Balaban J connectivity index is 1.65. The summed E-state index contributed by atoms with van der Waals surface area (Å²) in [6.45, 7) is 8.57. The number of H-pyrrole nitrogens is 1. The van der Waals surface area contributed by atoms with Gasteiger partial charge < -0.3 is 19.0 Å². The molecule has 0 aromatic carbocycles. The van der Waals surface area contributed by atoms with Crippen molar-refractivity contribution in [2.45, 2.75) is 39.3 Å². The summed E-state index contributed by atoms with van der Waals surface area (Å²) in [5.74, 6) is 0.0132. The van der Waals surface area contributed by atoms with Crippen LogP contribution in [0.5, 0.6) is 0 Å². The van der Waals surface area contributed by atoms with Crippen molar-refractivity contribution in [2.75, 3.05) is 19.6 Å². The van der Waals surface area contributed by atoms with Crippen LogP contribution in [0.4, 0.5) is 4.79 Å². The standard InChI is InChI=1S/C17H22BrN5O4/c1-10-8-22(5-6-23(10)16(25)27-17(2,3)4)15(24)12-9-26-14(20-12)13-11(18)7-19-21-13/h7,9-10H,5-6,8H2,1-4H3,(H,19,21)/t10-/m0/s1. The summed E-state index contributed by atoms with van der Waals surface area (Å²) in [4.78, 5) is 32.6. The molecule has 1 saturated heterocycles. The van der Waals surface area contributed by atoms with E-state index >= 15 is 0 Å². The third-order valence-electron chi connectivity index (χ3n) is 4.06. The molecule has 1 aliphatic heterocycles. The van der Waals surface area contributed by atoms with E-state index in [1.807, 2.05) is 27.7 Å². The van der Waals surface area contributed by atoms with Gasteiger partial charge in [0.2, 0.25) is 5.89 Å². The molecule has 27 heavy (non-hydrogen) atoms. The lowest BCUT2D eigenvalue weighted by molar-refractivity contribution is 0.00190. The number of carbonyl (C=O) groups is 2. The van der Waals surface area contributed by atoms with Crippen LogP contribution in [-0.4, -0.2) is 68.3 Å². The number of piperazine rings is 1. The van der Waals surface area contributed by atoms with Crippen LogP contribution in [0.3, 0.4) is 0 Å². The number of nitrogens with one attached hydrogen (secondary N) is 1. The Morgan fingerprint density at radius 2 is 2.11 bits per heavy atom. The Bertz CT molecular complexity index is 840. The fourth-order valence-corrected chi connectivity index (χ4v) is 3.16. The monoisotopic (exact) mass is 439 g/mol. The third-order valence-corrected chi connectivity index (χ3v) is 4.67. The molecule has 1 atom stereocenters. The molecule has 3 heterocycles. The van der Waals surface area contributed by atoms with Crippen molar-refractivity contribution in [3.8, 4) is 11.6 Å². The molecule has 0 spiro atoms. The molecule has 9 nitrogen and oxygen atoms in total. The molecule has 10 heteroatoms. The Labute approximate surface area is 165 Å². The van der Waals surface area contributed by atoms with E-state index < -0.39 is 5.60 Å². The largest absolute Gasteiger partial charge is 0.444 e. The van der Waals surface area contributed by atoms with Crippen molar-refractivity contribution in [3.05, 3.63) is 22.6 Å². The summed E-state index contributed by atoms with van der Waals surface area (Å²) >= 11 is 3.34. The second kappa shape index (κ2) is 7.34. The maximum atomic E-state index is 12.7. The normalized spacial score (nSPS) is 17.9. The zero-order valence-corrected chi connectivity index (χ0v) is 17.2. The quantitative estimate of drug-likeness (QED) is 0.770. The van der Waals surface area contributed by atoms with Crippen molar-refractivity contribution in [1.82, 2.24) is 25.0 Å². The number of aromatic nitrogens is 3. The first-order valence-electron chi connectivity index (χ1n) is 8.60.